The van der Waals surface area contributed by atoms with Crippen LogP contribution in [0.2, 0.25) is 10.0 Å². The number of halogens is 10. The predicted molar refractivity (Wildman–Crippen MR) is 390 cm³/mol. The number of aliphatic carboxylic acids is 2. The first-order valence-corrected chi connectivity index (χ1v) is 37.9. The summed E-state index contributed by atoms with van der Waals surface area (Å²) in [6.45, 7) is 4.77. The van der Waals surface area contributed by atoms with E-state index >= 15 is 0 Å². The summed E-state index contributed by atoms with van der Waals surface area (Å²) in [7, 11) is 0. The quantitative estimate of drug-likeness (QED) is 0.0186. The summed E-state index contributed by atoms with van der Waals surface area (Å²) >= 11 is 20.1. The van der Waals surface area contributed by atoms with Gasteiger partial charge >= 0.3 is 29.8 Å². The molecule has 9 atom stereocenters. The van der Waals surface area contributed by atoms with Gasteiger partial charge in [0.15, 0.2) is 32.5 Å². The van der Waals surface area contributed by atoms with Crippen LogP contribution in [0.3, 0.4) is 0 Å². The Kier molecular flexibility index (Phi) is 29.3. The molecular formula is C70H72BrCl2F7N12O13S3. The van der Waals surface area contributed by atoms with Crippen molar-refractivity contribution in [2.75, 3.05) is 91.9 Å². The maximum Gasteiger partial charge on any atom is 0.338 e. The number of ether oxygens (including phenoxy) is 5. The van der Waals surface area contributed by atoms with Crippen LogP contribution >= 0.6 is 73.1 Å². The van der Waals surface area contributed by atoms with Gasteiger partial charge in [0, 0.05) is 136 Å². The van der Waals surface area contributed by atoms with Crippen molar-refractivity contribution in [2.24, 2.45) is 15.0 Å². The molecule has 0 saturated carbocycles. The minimum atomic E-state index is -1.78. The fourth-order valence-corrected chi connectivity index (χ4v) is 15.3. The van der Waals surface area contributed by atoms with E-state index in [1.807, 2.05) is 4.90 Å². The summed E-state index contributed by atoms with van der Waals surface area (Å²) in [4.78, 5) is 93.1. The fraction of sp³-hybridized carbons (Fsp3) is 0.414. The van der Waals surface area contributed by atoms with E-state index < -0.39 is 122 Å². The van der Waals surface area contributed by atoms with Gasteiger partial charge in [-0.1, -0.05) is 57.3 Å². The number of nitrogens with one attached hydrogen (secondary N) is 3. The first-order valence-electron chi connectivity index (χ1n) is 33.7. The Morgan fingerprint density at radius 3 is 1.17 bits per heavy atom. The number of hydrogen-bond donors (Lipinski definition) is 6. The van der Waals surface area contributed by atoms with E-state index in [0.717, 1.165) is 12.1 Å². The normalized spacial score (nSPS) is 23.4. The number of carbonyl (C=O) groups is 5. The van der Waals surface area contributed by atoms with Gasteiger partial charge in [0.1, 0.15) is 79.6 Å². The summed E-state index contributed by atoms with van der Waals surface area (Å²) in [5.74, 6) is -4.62. The molecule has 0 bridgehead atoms. The number of nitrogens with zero attached hydrogens (tertiary/aromatic N) is 9. The van der Waals surface area contributed by atoms with E-state index in [1.54, 1.807) is 66.5 Å². The highest BCUT2D eigenvalue weighted by molar-refractivity contribution is 9.10. The number of likely N-dealkylation sites (tertiary alicyclic amines) is 3. The fourth-order valence-electron chi connectivity index (χ4n) is 12.4. The molecule has 108 heavy (non-hydrogen) atoms. The maximum absolute atomic E-state index is 14.9. The van der Waals surface area contributed by atoms with Gasteiger partial charge in [-0.3, -0.25) is 29.7 Å². The summed E-state index contributed by atoms with van der Waals surface area (Å²) in [5, 5.41) is 43.9. The van der Waals surface area contributed by atoms with Crippen molar-refractivity contribution in [2.45, 2.75) is 94.7 Å². The van der Waals surface area contributed by atoms with Crippen LogP contribution in [-0.4, -0.2) is 227 Å². The number of thiazole rings is 3. The highest BCUT2D eigenvalue weighted by atomic mass is 79.9. The molecule has 3 aromatic heterocycles. The molecule has 0 aliphatic carbocycles. The molecule has 6 aliphatic heterocycles. The Bertz CT molecular complexity index is 4200. The predicted octanol–water partition coefficient (Wildman–Crippen LogP) is 10.0. The van der Waals surface area contributed by atoms with Crippen LogP contribution in [0.15, 0.2) is 143 Å². The van der Waals surface area contributed by atoms with E-state index in [9.17, 15) is 59.8 Å². The highest BCUT2D eigenvalue weighted by Crippen LogP contribution is 2.41. The van der Waals surface area contributed by atoms with Crippen molar-refractivity contribution in [3.63, 3.8) is 0 Å². The SMILES string of the molecule is CCOC(=O)C1=C(CN2CC(F)C(O)C(F)C2)NC(c2nccs2)=N[C@H]1c1ccc(F)cc1Cl.CCOC(=O)C1=C(CN2CCC(OCC(=O)O)C(F)C2)NC(c2nccs2)=N[C@H]1c1ccc(F)cc1Br.CCOC(=O)C1=C(CN2CCC(OCC(=O)O)C(F)C2)NC(c2nccs2)=N[C@H]1c1ccc(F)cc1Cl. The number of amidine groups is 3. The van der Waals surface area contributed by atoms with Gasteiger partial charge in [0.05, 0.1) is 48.7 Å². The van der Waals surface area contributed by atoms with Crippen molar-refractivity contribution in [3.8, 4) is 0 Å². The topological polar surface area (TPSA) is 314 Å². The first-order chi connectivity index (χ1) is 51.8. The van der Waals surface area contributed by atoms with Gasteiger partial charge in [0.25, 0.3) is 0 Å². The third kappa shape index (κ3) is 21.0. The Morgan fingerprint density at radius 1 is 0.519 bits per heavy atom. The minimum Gasteiger partial charge on any atom is -0.480 e. The molecular weight excluding hydrogens is 1600 g/mol. The third-order valence-corrected chi connectivity index (χ3v) is 20.9. The number of piperidine rings is 3. The molecule has 0 amide bonds. The van der Waals surface area contributed by atoms with Crippen LogP contribution in [-0.2, 0) is 47.7 Å². The largest absolute Gasteiger partial charge is 0.480 e. The molecule has 0 spiro atoms. The van der Waals surface area contributed by atoms with Crippen molar-refractivity contribution >= 4 is 120 Å². The van der Waals surface area contributed by atoms with E-state index in [-0.39, 0.29) is 105 Å². The van der Waals surface area contributed by atoms with Crippen LogP contribution in [0, 0.1) is 17.5 Å². The van der Waals surface area contributed by atoms with Gasteiger partial charge in [-0.2, -0.15) is 0 Å². The second-order valence-electron chi connectivity index (χ2n) is 24.6. The lowest BCUT2D eigenvalue weighted by Crippen LogP contribution is -2.53. The smallest absolute Gasteiger partial charge is 0.338 e. The third-order valence-electron chi connectivity index (χ3n) is 17.3. The zero-order chi connectivity index (χ0) is 77.5. The second kappa shape index (κ2) is 38.5. The number of aliphatic imine (C=N–C) groups is 3. The number of hydrogen-bond acceptors (Lipinski definition) is 26. The number of aromatic nitrogens is 3. The Labute approximate surface area is 644 Å². The molecule has 25 nitrogen and oxygen atoms in total. The van der Waals surface area contributed by atoms with Crippen LogP contribution in [0.25, 0.3) is 0 Å². The second-order valence-corrected chi connectivity index (χ2v) is 29.0. The van der Waals surface area contributed by atoms with Gasteiger partial charge in [0.2, 0.25) is 0 Å². The molecule has 12 rings (SSSR count). The van der Waals surface area contributed by atoms with E-state index in [0.29, 0.717) is 83.9 Å². The average molecular weight is 1670 g/mol. The number of benzene rings is 3. The van der Waals surface area contributed by atoms with Crippen LogP contribution in [0.4, 0.5) is 30.7 Å². The number of carboxylic acids is 2. The Balaban J connectivity index is 0.000000173. The van der Waals surface area contributed by atoms with E-state index in [1.165, 1.54) is 75.3 Å². The number of alkyl halides is 4. The molecule has 9 heterocycles. The van der Waals surface area contributed by atoms with Crippen molar-refractivity contribution in [1.29, 1.82) is 0 Å². The molecule has 3 aromatic carbocycles. The van der Waals surface area contributed by atoms with Crippen LogP contribution in [0.5, 0.6) is 0 Å². The molecule has 3 saturated heterocycles. The lowest BCUT2D eigenvalue weighted by molar-refractivity contribution is -0.148. The number of carbonyl (C=O) groups excluding carboxylic acids is 3. The van der Waals surface area contributed by atoms with Gasteiger partial charge < -0.3 is 55.0 Å². The number of aliphatic hydroxyl groups excluding tert-OH is 1. The number of carboxylic acid groups (broad SMARTS) is 2. The average Bonchev–Trinajstić information content (AvgIpc) is 1.14. The molecule has 6 aliphatic rings. The summed E-state index contributed by atoms with van der Waals surface area (Å²) in [6, 6.07) is 9.03. The molecule has 578 valence electrons. The number of rotatable bonds is 24. The van der Waals surface area contributed by atoms with Crippen LogP contribution in [0.1, 0.15) is 83.5 Å². The van der Waals surface area contributed by atoms with E-state index in [2.05, 4.69) is 51.8 Å². The first kappa shape index (κ1) is 82.4. The number of esters is 3. The van der Waals surface area contributed by atoms with Crippen molar-refractivity contribution in [1.82, 2.24) is 45.6 Å². The molecule has 6 aromatic rings. The van der Waals surface area contributed by atoms with Gasteiger partial charge in [-0.15, -0.1) is 34.0 Å². The Morgan fingerprint density at radius 2 is 0.852 bits per heavy atom. The maximum atomic E-state index is 14.9. The van der Waals surface area contributed by atoms with E-state index in [4.69, 9.17) is 67.1 Å². The summed E-state index contributed by atoms with van der Waals surface area (Å²) < 4.78 is 126. The molecule has 6 N–H and O–H groups in total. The lowest BCUT2D eigenvalue weighted by atomic mass is 9.94. The van der Waals surface area contributed by atoms with Crippen molar-refractivity contribution < 1.29 is 93.7 Å². The van der Waals surface area contributed by atoms with Gasteiger partial charge in [-0.25, -0.2) is 69.7 Å². The lowest BCUT2D eigenvalue weighted by Gasteiger charge is -2.36. The van der Waals surface area contributed by atoms with Crippen molar-refractivity contribution in [3.05, 3.63) is 187 Å². The standard InChI is InChI=1S/C24H25BrF2N4O5S.C24H25ClF2N4O5S.C22H22ClF3N4O3S/c2*1-2-35-24(34)20-17(11-31-7-5-18(16(27)10-31)36-12-19(32)33)29-22(23-28-6-8-37-23)30-21(20)14-4-3-13(26)9-15(14)25;1-2-33-22(32)17-16(10-30-8-14(25)19(31)15(26)9-30)28-20(21-27-5-6-34-21)29-18(17)12-4-3-11(24)7-13(12)23/h2*3-4,6,8-9,16,18,21H,2,5,7,10-12H2,1H3,(H,29,30)(H,32,33);3-7,14-15,18-19,31H,2,8-10H2,1H3,(H,28,29)/t2*16?,18?,21-;14?,15?,18-,19?/m000/s1. The molecule has 6 unspecified atom stereocenters. The monoisotopic (exact) mass is 1670 g/mol. The summed E-state index contributed by atoms with van der Waals surface area (Å²) in [6.07, 6.45) is -4.35. The zero-order valence-corrected chi connectivity index (χ0v) is 63.2. The molecule has 0 radical (unpaired) electrons. The van der Waals surface area contributed by atoms with Crippen LogP contribution < -0.4 is 16.0 Å². The van der Waals surface area contributed by atoms with Gasteiger partial charge in [-0.05, 0) is 75.6 Å². The number of aliphatic hydroxyl groups is 1. The summed E-state index contributed by atoms with van der Waals surface area (Å²) in [5.41, 5.74) is 3.03. The molecule has 3 fully saturated rings. The zero-order valence-electron chi connectivity index (χ0n) is 57.7. The Hall–Kier alpha value is -8.14. The minimum absolute atomic E-state index is 0.0137. The highest BCUT2D eigenvalue weighted by Gasteiger charge is 2.42. The molecule has 38 heteroatoms.